The van der Waals surface area contributed by atoms with Gasteiger partial charge in [0.05, 0.1) is 23.1 Å². The molecule has 8 nitrogen and oxygen atoms in total. The summed E-state index contributed by atoms with van der Waals surface area (Å²) in [6.07, 6.45) is 7.47. The summed E-state index contributed by atoms with van der Waals surface area (Å²) in [5.41, 5.74) is 5.47. The minimum atomic E-state index is 0.658. The highest BCUT2D eigenvalue weighted by molar-refractivity contribution is 5.84. The molecule has 0 aliphatic carbocycles. The van der Waals surface area contributed by atoms with Gasteiger partial charge in [0.1, 0.15) is 12.4 Å². The van der Waals surface area contributed by atoms with Gasteiger partial charge in [0.15, 0.2) is 11.5 Å². The first-order chi connectivity index (χ1) is 14.3. The van der Waals surface area contributed by atoms with Crippen LogP contribution in [-0.2, 0) is 0 Å². The molecule has 0 bridgehead atoms. The second kappa shape index (κ2) is 6.23. The molecular weight excluding hydrogens is 366 g/mol. The van der Waals surface area contributed by atoms with Crippen molar-refractivity contribution in [2.24, 2.45) is 0 Å². The number of anilines is 3. The van der Waals surface area contributed by atoms with Gasteiger partial charge in [-0.3, -0.25) is 5.10 Å². The molecule has 4 heterocycles. The molecule has 142 valence electrons. The van der Waals surface area contributed by atoms with Crippen molar-refractivity contribution < 1.29 is 4.74 Å². The summed E-state index contributed by atoms with van der Waals surface area (Å²) >= 11 is 0. The van der Waals surface area contributed by atoms with E-state index in [4.69, 9.17) is 9.72 Å². The molecule has 29 heavy (non-hydrogen) atoms. The van der Waals surface area contributed by atoms with Gasteiger partial charge in [-0.2, -0.15) is 5.10 Å². The summed E-state index contributed by atoms with van der Waals surface area (Å²) in [7, 11) is 0. The zero-order valence-corrected chi connectivity index (χ0v) is 15.4. The lowest BCUT2D eigenvalue weighted by Gasteiger charge is -2.20. The molecule has 1 aliphatic heterocycles. The van der Waals surface area contributed by atoms with E-state index in [0.717, 1.165) is 51.5 Å². The summed E-state index contributed by atoms with van der Waals surface area (Å²) in [4.78, 5) is 9.31. The summed E-state index contributed by atoms with van der Waals surface area (Å²) in [5, 5.41) is 14.9. The van der Waals surface area contributed by atoms with Crippen LogP contribution in [0, 0.1) is 0 Å². The molecule has 6 rings (SSSR count). The number of hydrogen-bond acceptors (Lipinski definition) is 6. The third-order valence-corrected chi connectivity index (χ3v) is 5.03. The standard InChI is InChI=1S/C21H17N7O/c1-2-14-11-24-27-17(14)9-13(1)18-12-28-7-5-23-21(28)20(26-18)25-15-3-4-16-19(10-15)29-8-6-22-16/h1-5,7,9-12,22H,6,8H2,(H,24,27)(H,25,26). The van der Waals surface area contributed by atoms with Crippen LogP contribution in [0.5, 0.6) is 5.75 Å². The van der Waals surface area contributed by atoms with Crippen LogP contribution >= 0.6 is 0 Å². The molecule has 8 heteroatoms. The molecule has 3 N–H and O–H groups in total. The van der Waals surface area contributed by atoms with Crippen molar-refractivity contribution in [2.75, 3.05) is 23.8 Å². The molecule has 0 unspecified atom stereocenters. The van der Waals surface area contributed by atoms with Gasteiger partial charge in [0, 0.05) is 47.8 Å². The quantitative estimate of drug-likeness (QED) is 0.439. The zero-order valence-electron chi connectivity index (χ0n) is 15.4. The van der Waals surface area contributed by atoms with Gasteiger partial charge in [0.25, 0.3) is 0 Å². The number of aromatic nitrogens is 5. The van der Waals surface area contributed by atoms with Crippen molar-refractivity contribution in [1.82, 2.24) is 24.6 Å². The maximum absolute atomic E-state index is 5.75. The Morgan fingerprint density at radius 1 is 1.14 bits per heavy atom. The lowest BCUT2D eigenvalue weighted by atomic mass is 10.1. The fourth-order valence-corrected chi connectivity index (χ4v) is 3.60. The second-order valence-electron chi connectivity index (χ2n) is 6.92. The van der Waals surface area contributed by atoms with Crippen LogP contribution in [0.15, 0.2) is 61.2 Å². The van der Waals surface area contributed by atoms with E-state index >= 15 is 0 Å². The van der Waals surface area contributed by atoms with Crippen molar-refractivity contribution in [2.45, 2.75) is 0 Å². The molecule has 0 atom stereocenters. The van der Waals surface area contributed by atoms with Crippen LogP contribution in [0.4, 0.5) is 17.2 Å². The van der Waals surface area contributed by atoms with Gasteiger partial charge in [-0.15, -0.1) is 0 Å². The minimum Gasteiger partial charge on any atom is -0.490 e. The maximum atomic E-state index is 5.75. The normalized spacial score (nSPS) is 13.1. The number of benzene rings is 2. The first-order valence-corrected chi connectivity index (χ1v) is 9.38. The summed E-state index contributed by atoms with van der Waals surface area (Å²) in [6, 6.07) is 12.1. The van der Waals surface area contributed by atoms with Crippen LogP contribution in [0.3, 0.4) is 0 Å². The van der Waals surface area contributed by atoms with Crippen LogP contribution in [0.25, 0.3) is 27.8 Å². The third-order valence-electron chi connectivity index (χ3n) is 5.03. The van der Waals surface area contributed by atoms with Gasteiger partial charge in [-0.25, -0.2) is 9.97 Å². The van der Waals surface area contributed by atoms with Crippen molar-refractivity contribution in [3.05, 3.63) is 61.2 Å². The van der Waals surface area contributed by atoms with Gasteiger partial charge < -0.3 is 19.8 Å². The molecule has 5 aromatic rings. The number of fused-ring (bicyclic) bond motifs is 3. The number of nitrogens with zero attached hydrogens (tertiary/aromatic N) is 4. The van der Waals surface area contributed by atoms with E-state index in [2.05, 4.69) is 31.9 Å². The van der Waals surface area contributed by atoms with Crippen LogP contribution in [0.1, 0.15) is 0 Å². The molecule has 0 fully saturated rings. The fourth-order valence-electron chi connectivity index (χ4n) is 3.60. The van der Waals surface area contributed by atoms with E-state index in [0.29, 0.717) is 12.4 Å². The molecule has 1 aliphatic rings. The van der Waals surface area contributed by atoms with Gasteiger partial charge in [-0.05, 0) is 18.2 Å². The number of hydrogen-bond donors (Lipinski definition) is 3. The molecular formula is C21H17N7O. The molecule has 3 aromatic heterocycles. The topological polar surface area (TPSA) is 92.2 Å². The average Bonchev–Trinajstić information content (AvgIpc) is 3.42. The first kappa shape index (κ1) is 15.9. The van der Waals surface area contributed by atoms with E-state index in [1.807, 2.05) is 53.3 Å². The predicted octanol–water partition coefficient (Wildman–Crippen LogP) is 3.82. The number of ether oxygens (including phenoxy) is 1. The van der Waals surface area contributed by atoms with E-state index in [-0.39, 0.29) is 0 Å². The van der Waals surface area contributed by atoms with E-state index in [9.17, 15) is 0 Å². The number of nitrogens with one attached hydrogen (secondary N) is 3. The summed E-state index contributed by atoms with van der Waals surface area (Å²) in [5.74, 6) is 1.52. The van der Waals surface area contributed by atoms with Crippen molar-refractivity contribution in [3.8, 4) is 17.0 Å². The monoisotopic (exact) mass is 383 g/mol. The highest BCUT2D eigenvalue weighted by Gasteiger charge is 2.13. The van der Waals surface area contributed by atoms with Crippen LogP contribution in [-0.4, -0.2) is 37.7 Å². The molecule has 0 radical (unpaired) electrons. The number of imidazole rings is 1. The summed E-state index contributed by atoms with van der Waals surface area (Å²) in [6.45, 7) is 1.48. The lowest BCUT2D eigenvalue weighted by molar-refractivity contribution is 0.323. The zero-order chi connectivity index (χ0) is 19.2. The lowest BCUT2D eigenvalue weighted by Crippen LogP contribution is -2.17. The molecule has 0 saturated heterocycles. The van der Waals surface area contributed by atoms with Crippen molar-refractivity contribution >= 4 is 33.7 Å². The Kier molecular flexibility index (Phi) is 3.43. The Balaban J connectivity index is 1.43. The third kappa shape index (κ3) is 2.73. The molecule has 0 amide bonds. The predicted molar refractivity (Wildman–Crippen MR) is 112 cm³/mol. The van der Waals surface area contributed by atoms with Gasteiger partial charge >= 0.3 is 0 Å². The fraction of sp³-hybridized carbons (Fsp3) is 0.0952. The Morgan fingerprint density at radius 2 is 2.14 bits per heavy atom. The van der Waals surface area contributed by atoms with Crippen molar-refractivity contribution in [3.63, 3.8) is 0 Å². The Labute approximate surface area is 165 Å². The SMILES string of the molecule is c1cn2cc(-c3ccc4cn[nH]c4c3)nc(Nc3ccc4c(c3)OCCN4)c2n1. The first-order valence-electron chi connectivity index (χ1n) is 9.38. The molecule has 2 aromatic carbocycles. The van der Waals surface area contributed by atoms with Crippen LogP contribution in [0.2, 0.25) is 0 Å². The Bertz CT molecular complexity index is 1350. The summed E-state index contributed by atoms with van der Waals surface area (Å²) < 4.78 is 7.72. The smallest absolute Gasteiger partial charge is 0.180 e. The van der Waals surface area contributed by atoms with Gasteiger partial charge in [0.2, 0.25) is 0 Å². The van der Waals surface area contributed by atoms with Crippen LogP contribution < -0.4 is 15.4 Å². The van der Waals surface area contributed by atoms with Crippen molar-refractivity contribution in [1.29, 1.82) is 0 Å². The Hall–Kier alpha value is -4.07. The van der Waals surface area contributed by atoms with E-state index in [1.165, 1.54) is 0 Å². The number of aromatic amines is 1. The van der Waals surface area contributed by atoms with E-state index in [1.54, 1.807) is 6.20 Å². The minimum absolute atomic E-state index is 0.658. The number of rotatable bonds is 3. The highest BCUT2D eigenvalue weighted by Crippen LogP contribution is 2.32. The Morgan fingerprint density at radius 3 is 3.14 bits per heavy atom. The molecule has 0 spiro atoms. The van der Waals surface area contributed by atoms with E-state index < -0.39 is 0 Å². The maximum Gasteiger partial charge on any atom is 0.180 e. The average molecular weight is 383 g/mol. The second-order valence-corrected chi connectivity index (χ2v) is 6.92. The number of H-pyrrole nitrogens is 1. The highest BCUT2D eigenvalue weighted by atomic mass is 16.5. The largest absolute Gasteiger partial charge is 0.490 e. The van der Waals surface area contributed by atoms with Gasteiger partial charge in [-0.1, -0.05) is 12.1 Å². The molecule has 0 saturated carbocycles.